The standard InChI is InChI=1S/C24H25BF3N3O5/c1-16(36-23(33)30-21(25(34)35)13-17-7-4-3-5-8-17)19-10-6-9-18(11-19)12-20(14-29)22(32)31(2)15-24(26,27)28/h3-12,16,21,34-35H,13,15H2,1-2H3,(H,30,33). The number of hydrogen-bond donors (Lipinski definition) is 3. The summed E-state index contributed by atoms with van der Waals surface area (Å²) < 4.78 is 43.0. The van der Waals surface area contributed by atoms with Gasteiger partial charge in [0.25, 0.3) is 5.91 Å². The lowest BCUT2D eigenvalue weighted by atomic mass is 9.76. The molecule has 0 heterocycles. The van der Waals surface area contributed by atoms with Crippen LogP contribution in [0.5, 0.6) is 0 Å². The smallest absolute Gasteiger partial charge is 0.442 e. The highest BCUT2D eigenvalue weighted by Gasteiger charge is 2.32. The predicted molar refractivity (Wildman–Crippen MR) is 126 cm³/mol. The van der Waals surface area contributed by atoms with E-state index in [4.69, 9.17) is 4.74 Å². The van der Waals surface area contributed by atoms with Gasteiger partial charge in [-0.15, -0.1) is 0 Å². The van der Waals surface area contributed by atoms with Crippen LogP contribution in [0.25, 0.3) is 6.08 Å². The van der Waals surface area contributed by atoms with E-state index in [1.807, 2.05) is 0 Å². The van der Waals surface area contributed by atoms with Crippen molar-refractivity contribution in [2.24, 2.45) is 0 Å². The summed E-state index contributed by atoms with van der Waals surface area (Å²) in [7, 11) is -0.890. The van der Waals surface area contributed by atoms with Crippen LogP contribution in [0.3, 0.4) is 0 Å². The van der Waals surface area contributed by atoms with Crippen molar-refractivity contribution in [2.45, 2.75) is 31.6 Å². The highest BCUT2D eigenvalue weighted by atomic mass is 19.4. The Morgan fingerprint density at radius 2 is 1.86 bits per heavy atom. The number of alkyl halides is 3. The number of carbonyl (C=O) groups excluding carboxylic acids is 2. The van der Waals surface area contributed by atoms with E-state index in [2.05, 4.69) is 5.32 Å². The molecule has 2 rings (SSSR count). The molecule has 0 aliphatic rings. The molecule has 2 unspecified atom stereocenters. The second kappa shape index (κ2) is 12.8. The maximum Gasteiger partial charge on any atom is 0.475 e. The molecular weight excluding hydrogens is 478 g/mol. The fraction of sp³-hybridized carbons (Fsp3) is 0.292. The van der Waals surface area contributed by atoms with Crippen LogP contribution in [-0.4, -0.2) is 59.8 Å². The Kier molecular flexibility index (Phi) is 10.1. The molecule has 0 fully saturated rings. The number of amides is 2. The SMILES string of the molecule is CC(OC(=O)NC(Cc1ccccc1)B(O)O)c1cccc(C=C(C#N)C(=O)N(C)CC(F)(F)F)c1. The van der Waals surface area contributed by atoms with E-state index in [1.54, 1.807) is 55.5 Å². The van der Waals surface area contributed by atoms with Gasteiger partial charge in [-0.3, -0.25) is 4.79 Å². The number of nitrogens with zero attached hydrogens (tertiary/aromatic N) is 2. The fourth-order valence-corrected chi connectivity index (χ4v) is 3.27. The molecule has 2 amide bonds. The summed E-state index contributed by atoms with van der Waals surface area (Å²) >= 11 is 0. The van der Waals surface area contributed by atoms with Crippen molar-refractivity contribution in [3.05, 3.63) is 76.9 Å². The molecule has 0 saturated heterocycles. The van der Waals surface area contributed by atoms with Crippen LogP contribution in [0.15, 0.2) is 60.2 Å². The van der Waals surface area contributed by atoms with Crippen molar-refractivity contribution in [1.82, 2.24) is 10.2 Å². The number of alkyl carbamates (subject to hydrolysis) is 1. The minimum Gasteiger partial charge on any atom is -0.442 e. The number of carbonyl (C=O) groups is 2. The quantitative estimate of drug-likeness (QED) is 0.275. The molecule has 0 aliphatic carbocycles. The summed E-state index contributed by atoms with van der Waals surface area (Å²) in [6.07, 6.45) is -5.04. The molecule has 0 aromatic heterocycles. The Balaban J connectivity index is 2.09. The number of benzene rings is 2. The van der Waals surface area contributed by atoms with Gasteiger partial charge in [-0.1, -0.05) is 48.5 Å². The summed E-state index contributed by atoms with van der Waals surface area (Å²) in [6, 6.07) is 16.7. The largest absolute Gasteiger partial charge is 0.475 e. The summed E-state index contributed by atoms with van der Waals surface area (Å²) in [5, 5.41) is 30.9. The first-order chi connectivity index (χ1) is 16.9. The number of likely N-dealkylation sites (N-methyl/N-ethyl adjacent to an activating group) is 1. The Morgan fingerprint density at radius 3 is 2.44 bits per heavy atom. The Labute approximate surface area is 206 Å². The Bertz CT molecular complexity index is 1120. The topological polar surface area (TPSA) is 123 Å². The van der Waals surface area contributed by atoms with E-state index >= 15 is 0 Å². The van der Waals surface area contributed by atoms with Gasteiger partial charge in [-0.2, -0.15) is 18.4 Å². The van der Waals surface area contributed by atoms with Crippen LogP contribution in [0.1, 0.15) is 29.7 Å². The Hall–Kier alpha value is -3.82. The maximum absolute atomic E-state index is 12.6. The number of halogens is 3. The van der Waals surface area contributed by atoms with E-state index in [-0.39, 0.29) is 6.42 Å². The summed E-state index contributed by atoms with van der Waals surface area (Å²) in [5.74, 6) is -2.12. The zero-order chi connectivity index (χ0) is 26.9. The van der Waals surface area contributed by atoms with Crippen LogP contribution >= 0.6 is 0 Å². The lowest BCUT2D eigenvalue weighted by Crippen LogP contribution is -2.48. The van der Waals surface area contributed by atoms with Gasteiger partial charge >= 0.3 is 19.4 Å². The maximum atomic E-state index is 12.6. The monoisotopic (exact) mass is 503 g/mol. The summed E-state index contributed by atoms with van der Waals surface area (Å²) in [5.41, 5.74) is 1.08. The van der Waals surface area contributed by atoms with Crippen molar-refractivity contribution in [1.29, 1.82) is 5.26 Å². The zero-order valence-corrected chi connectivity index (χ0v) is 19.6. The summed E-state index contributed by atoms with van der Waals surface area (Å²) in [4.78, 5) is 25.0. The first-order valence-electron chi connectivity index (χ1n) is 10.8. The minimum atomic E-state index is -4.61. The second-order valence-corrected chi connectivity index (χ2v) is 8.02. The number of nitrogens with one attached hydrogen (secondary N) is 1. The van der Waals surface area contributed by atoms with Gasteiger partial charge in [0.2, 0.25) is 0 Å². The molecule has 12 heteroatoms. The highest BCUT2D eigenvalue weighted by Crippen LogP contribution is 2.21. The molecule has 2 atom stereocenters. The third-order valence-electron chi connectivity index (χ3n) is 5.05. The van der Waals surface area contributed by atoms with Crippen LogP contribution < -0.4 is 5.32 Å². The van der Waals surface area contributed by atoms with Gasteiger partial charge < -0.3 is 25.0 Å². The van der Waals surface area contributed by atoms with E-state index in [0.717, 1.165) is 18.7 Å². The van der Waals surface area contributed by atoms with Crippen molar-refractivity contribution in [2.75, 3.05) is 13.6 Å². The second-order valence-electron chi connectivity index (χ2n) is 8.02. The third kappa shape index (κ3) is 9.09. The number of rotatable bonds is 9. The number of hydrogen-bond acceptors (Lipinski definition) is 6. The van der Waals surface area contributed by atoms with E-state index < -0.39 is 49.5 Å². The normalized spacial score (nSPS) is 13.2. The van der Waals surface area contributed by atoms with Gasteiger partial charge in [0.05, 0.1) is 5.94 Å². The highest BCUT2D eigenvalue weighted by molar-refractivity contribution is 6.43. The fourth-order valence-electron chi connectivity index (χ4n) is 3.27. The first kappa shape index (κ1) is 28.4. The zero-order valence-electron chi connectivity index (χ0n) is 19.6. The van der Waals surface area contributed by atoms with Crippen molar-refractivity contribution >= 4 is 25.2 Å². The van der Waals surface area contributed by atoms with E-state index in [9.17, 15) is 38.1 Å². The molecule has 8 nitrogen and oxygen atoms in total. The van der Waals surface area contributed by atoms with Crippen molar-refractivity contribution in [3.63, 3.8) is 0 Å². The average molecular weight is 503 g/mol. The molecule has 190 valence electrons. The molecular formula is C24H25BF3N3O5. The van der Waals surface area contributed by atoms with Gasteiger partial charge in [-0.05, 0) is 42.2 Å². The van der Waals surface area contributed by atoms with Gasteiger partial charge in [-0.25, -0.2) is 4.79 Å². The molecule has 0 saturated carbocycles. The number of ether oxygens (including phenoxy) is 1. The van der Waals surface area contributed by atoms with Gasteiger partial charge in [0.1, 0.15) is 24.3 Å². The van der Waals surface area contributed by atoms with Crippen molar-refractivity contribution < 1.29 is 37.5 Å². The minimum absolute atomic E-state index is 0.149. The lowest BCUT2D eigenvalue weighted by molar-refractivity contribution is -0.155. The van der Waals surface area contributed by atoms with Crippen LogP contribution in [0.4, 0.5) is 18.0 Å². The number of nitriles is 1. The predicted octanol–water partition coefficient (Wildman–Crippen LogP) is 3.02. The molecule has 3 N–H and O–H groups in total. The summed E-state index contributed by atoms with van der Waals surface area (Å²) in [6.45, 7) is 0.0517. The van der Waals surface area contributed by atoms with Gasteiger partial charge in [0.15, 0.2) is 0 Å². The third-order valence-corrected chi connectivity index (χ3v) is 5.05. The van der Waals surface area contributed by atoms with E-state index in [0.29, 0.717) is 16.0 Å². The molecule has 2 aromatic rings. The van der Waals surface area contributed by atoms with Gasteiger partial charge in [0, 0.05) is 7.05 Å². The molecule has 0 radical (unpaired) electrons. The lowest BCUT2D eigenvalue weighted by Gasteiger charge is -2.20. The molecule has 0 bridgehead atoms. The van der Waals surface area contributed by atoms with Crippen LogP contribution in [-0.2, 0) is 16.0 Å². The molecule has 36 heavy (non-hydrogen) atoms. The molecule has 0 aliphatic heterocycles. The molecule has 2 aromatic carbocycles. The van der Waals surface area contributed by atoms with E-state index in [1.165, 1.54) is 12.1 Å². The Morgan fingerprint density at radius 1 is 1.19 bits per heavy atom. The van der Waals surface area contributed by atoms with Crippen LogP contribution in [0, 0.1) is 11.3 Å². The average Bonchev–Trinajstić information content (AvgIpc) is 2.81. The first-order valence-corrected chi connectivity index (χ1v) is 10.8. The van der Waals surface area contributed by atoms with Crippen molar-refractivity contribution in [3.8, 4) is 6.07 Å². The van der Waals surface area contributed by atoms with Crippen LogP contribution in [0.2, 0.25) is 0 Å². The molecule has 0 spiro atoms.